The third-order valence-electron chi connectivity index (χ3n) is 3.29. The number of hydrogen-bond acceptors (Lipinski definition) is 7. The molecule has 0 aromatic carbocycles. The fraction of sp³-hybridized carbons (Fsp3) is 0.0667. The van der Waals surface area contributed by atoms with Crippen molar-refractivity contribution in [3.63, 3.8) is 0 Å². The maximum absolute atomic E-state index is 13.0. The number of fused-ring (bicyclic) bond motifs is 1. The quantitative estimate of drug-likeness (QED) is 0.611. The van der Waals surface area contributed by atoms with E-state index in [4.69, 9.17) is 0 Å². The van der Waals surface area contributed by atoms with Crippen LogP contribution in [0.25, 0.3) is 17.2 Å². The highest BCUT2D eigenvalue weighted by Gasteiger charge is 2.11. The third-order valence-corrected chi connectivity index (χ3v) is 3.29. The van der Waals surface area contributed by atoms with Crippen LogP contribution >= 0.6 is 0 Å². The maximum Gasteiger partial charge on any atom is 0.203 e. The first-order valence-corrected chi connectivity index (χ1v) is 7.13. The molecule has 0 fully saturated rings. The minimum Gasteiger partial charge on any atom is -0.363 e. The average Bonchev–Trinajstić information content (AvgIpc) is 3.05. The standard InChI is InChI=1S/C15H11FN8/c16-10-1-2-12(19-7-10)15-22-21-14-4-3-13(23-24(14)15)20-9-11-8-17-5-6-18-11/h1-8H,9H2,(H,20,23). The molecule has 4 aromatic heterocycles. The Bertz CT molecular complexity index is 968. The molecule has 118 valence electrons. The van der Waals surface area contributed by atoms with Crippen molar-refractivity contribution >= 4 is 11.5 Å². The van der Waals surface area contributed by atoms with Crippen LogP contribution in [-0.4, -0.2) is 34.8 Å². The molecule has 0 amide bonds. The van der Waals surface area contributed by atoms with Crippen molar-refractivity contribution in [1.82, 2.24) is 34.8 Å². The third kappa shape index (κ3) is 2.74. The number of aromatic nitrogens is 7. The molecule has 0 radical (unpaired) electrons. The summed E-state index contributed by atoms with van der Waals surface area (Å²) >= 11 is 0. The Labute approximate surface area is 135 Å². The van der Waals surface area contributed by atoms with Crippen molar-refractivity contribution in [2.75, 3.05) is 5.32 Å². The molecule has 24 heavy (non-hydrogen) atoms. The van der Waals surface area contributed by atoms with E-state index in [0.717, 1.165) is 11.9 Å². The molecular formula is C15H11FN8. The molecule has 0 bridgehead atoms. The first-order chi connectivity index (χ1) is 11.8. The van der Waals surface area contributed by atoms with Gasteiger partial charge in [0, 0.05) is 12.4 Å². The molecule has 0 saturated carbocycles. The predicted octanol–water partition coefficient (Wildman–Crippen LogP) is 1.73. The zero-order chi connectivity index (χ0) is 16.4. The molecule has 0 saturated heterocycles. The molecule has 1 N–H and O–H groups in total. The number of halogens is 1. The summed E-state index contributed by atoms with van der Waals surface area (Å²) in [5.41, 5.74) is 1.85. The first kappa shape index (κ1) is 14.1. The van der Waals surface area contributed by atoms with Gasteiger partial charge in [-0.25, -0.2) is 9.37 Å². The van der Waals surface area contributed by atoms with Gasteiger partial charge in [-0.05, 0) is 24.3 Å². The van der Waals surface area contributed by atoms with Crippen LogP contribution in [0.15, 0.2) is 49.1 Å². The van der Waals surface area contributed by atoms with Crippen LogP contribution < -0.4 is 5.32 Å². The minimum atomic E-state index is -0.410. The van der Waals surface area contributed by atoms with E-state index in [1.807, 2.05) is 0 Å². The lowest BCUT2D eigenvalue weighted by Crippen LogP contribution is -2.06. The molecule has 0 spiro atoms. The molecule has 0 atom stereocenters. The Morgan fingerprint density at radius 2 is 1.96 bits per heavy atom. The second-order valence-electron chi connectivity index (χ2n) is 4.92. The summed E-state index contributed by atoms with van der Waals surface area (Å²) in [6, 6.07) is 6.43. The Hall–Kier alpha value is -3.49. The monoisotopic (exact) mass is 322 g/mol. The highest BCUT2D eigenvalue weighted by Crippen LogP contribution is 2.16. The zero-order valence-electron chi connectivity index (χ0n) is 12.3. The van der Waals surface area contributed by atoms with Crippen molar-refractivity contribution in [2.45, 2.75) is 6.54 Å². The van der Waals surface area contributed by atoms with Gasteiger partial charge < -0.3 is 5.32 Å². The van der Waals surface area contributed by atoms with Crippen molar-refractivity contribution in [1.29, 1.82) is 0 Å². The van der Waals surface area contributed by atoms with E-state index >= 15 is 0 Å². The molecule has 0 aliphatic carbocycles. The number of nitrogens with one attached hydrogen (secondary N) is 1. The SMILES string of the molecule is Fc1ccc(-c2nnc3ccc(NCc4cnccn4)nn23)nc1. The van der Waals surface area contributed by atoms with Gasteiger partial charge in [-0.2, -0.15) is 4.52 Å². The van der Waals surface area contributed by atoms with Crippen LogP contribution in [0.1, 0.15) is 5.69 Å². The van der Waals surface area contributed by atoms with Crippen molar-refractivity contribution in [2.24, 2.45) is 0 Å². The summed E-state index contributed by atoms with van der Waals surface area (Å²) in [6.07, 6.45) is 6.06. The number of rotatable bonds is 4. The Balaban J connectivity index is 1.64. The lowest BCUT2D eigenvalue weighted by Gasteiger charge is -2.05. The predicted molar refractivity (Wildman–Crippen MR) is 83.3 cm³/mol. The normalized spacial score (nSPS) is 10.9. The number of pyridine rings is 1. The molecule has 9 heteroatoms. The molecule has 0 aliphatic heterocycles. The maximum atomic E-state index is 13.0. The zero-order valence-corrected chi connectivity index (χ0v) is 12.3. The Morgan fingerprint density at radius 3 is 2.75 bits per heavy atom. The summed E-state index contributed by atoms with van der Waals surface area (Å²) in [6.45, 7) is 0.485. The molecule has 0 unspecified atom stereocenters. The van der Waals surface area contributed by atoms with Gasteiger partial charge in [-0.3, -0.25) is 9.97 Å². The fourth-order valence-electron chi connectivity index (χ4n) is 2.15. The fourth-order valence-corrected chi connectivity index (χ4v) is 2.15. The van der Waals surface area contributed by atoms with Gasteiger partial charge in [0.15, 0.2) is 5.65 Å². The largest absolute Gasteiger partial charge is 0.363 e. The molecular weight excluding hydrogens is 311 g/mol. The highest BCUT2D eigenvalue weighted by molar-refractivity contribution is 5.55. The van der Waals surface area contributed by atoms with Crippen molar-refractivity contribution in [3.05, 3.63) is 60.6 Å². The van der Waals surface area contributed by atoms with E-state index in [1.165, 1.54) is 12.1 Å². The van der Waals surface area contributed by atoms with E-state index in [1.54, 1.807) is 35.2 Å². The number of anilines is 1. The van der Waals surface area contributed by atoms with Crippen LogP contribution in [-0.2, 0) is 6.54 Å². The van der Waals surface area contributed by atoms with Crippen LogP contribution in [0.4, 0.5) is 10.2 Å². The molecule has 0 aliphatic rings. The van der Waals surface area contributed by atoms with Gasteiger partial charge in [-0.15, -0.1) is 15.3 Å². The number of hydrogen-bond donors (Lipinski definition) is 1. The van der Waals surface area contributed by atoms with Gasteiger partial charge in [0.25, 0.3) is 0 Å². The number of nitrogens with zero attached hydrogens (tertiary/aromatic N) is 7. The molecule has 4 aromatic rings. The lowest BCUT2D eigenvalue weighted by molar-refractivity contribution is 0.621. The van der Waals surface area contributed by atoms with E-state index in [9.17, 15) is 4.39 Å². The van der Waals surface area contributed by atoms with Crippen LogP contribution in [0.3, 0.4) is 0 Å². The van der Waals surface area contributed by atoms with Crippen molar-refractivity contribution in [3.8, 4) is 11.5 Å². The van der Waals surface area contributed by atoms with Gasteiger partial charge in [-0.1, -0.05) is 0 Å². The van der Waals surface area contributed by atoms with E-state index in [2.05, 4.69) is 35.6 Å². The second kappa shape index (κ2) is 5.95. The smallest absolute Gasteiger partial charge is 0.203 e. The Morgan fingerprint density at radius 1 is 1.00 bits per heavy atom. The van der Waals surface area contributed by atoms with Gasteiger partial charge in [0.1, 0.15) is 17.3 Å². The van der Waals surface area contributed by atoms with Crippen LogP contribution in [0.5, 0.6) is 0 Å². The minimum absolute atomic E-state index is 0.410. The van der Waals surface area contributed by atoms with Crippen LogP contribution in [0.2, 0.25) is 0 Å². The van der Waals surface area contributed by atoms with Crippen LogP contribution in [0, 0.1) is 5.82 Å². The summed E-state index contributed by atoms with van der Waals surface area (Å²) in [7, 11) is 0. The van der Waals surface area contributed by atoms with Gasteiger partial charge in [0.2, 0.25) is 5.82 Å². The van der Waals surface area contributed by atoms with Gasteiger partial charge in [0.05, 0.1) is 24.6 Å². The molecule has 4 heterocycles. The summed E-state index contributed by atoms with van der Waals surface area (Å²) in [5.74, 6) is 0.649. The van der Waals surface area contributed by atoms with Gasteiger partial charge >= 0.3 is 0 Å². The first-order valence-electron chi connectivity index (χ1n) is 7.13. The lowest BCUT2D eigenvalue weighted by atomic mass is 10.3. The topological polar surface area (TPSA) is 93.8 Å². The second-order valence-corrected chi connectivity index (χ2v) is 4.92. The van der Waals surface area contributed by atoms with E-state index < -0.39 is 5.82 Å². The van der Waals surface area contributed by atoms with E-state index in [0.29, 0.717) is 29.5 Å². The highest BCUT2D eigenvalue weighted by atomic mass is 19.1. The van der Waals surface area contributed by atoms with E-state index in [-0.39, 0.29) is 0 Å². The summed E-state index contributed by atoms with van der Waals surface area (Å²) in [4.78, 5) is 12.2. The Kier molecular flexibility index (Phi) is 3.50. The van der Waals surface area contributed by atoms with Crippen molar-refractivity contribution < 1.29 is 4.39 Å². The summed E-state index contributed by atoms with van der Waals surface area (Å²) < 4.78 is 14.6. The molecule has 4 rings (SSSR count). The average molecular weight is 322 g/mol. The summed E-state index contributed by atoms with van der Waals surface area (Å²) in [5, 5.41) is 15.7. The molecule has 8 nitrogen and oxygen atoms in total.